The number of hydrogen-bond acceptors (Lipinski definition) is 12. The van der Waals surface area contributed by atoms with Gasteiger partial charge >= 0.3 is 19.8 Å². The van der Waals surface area contributed by atoms with Crippen molar-refractivity contribution in [3.05, 3.63) is 72.9 Å². The number of hydrogen-bond donors (Lipinski definition) is 6. The first-order chi connectivity index (χ1) is 32.4. The summed E-state index contributed by atoms with van der Waals surface area (Å²) in [6.07, 6.45) is 41.1. The molecular formula is C53H91O13P. The maximum Gasteiger partial charge on any atom is 0.472 e. The van der Waals surface area contributed by atoms with Gasteiger partial charge in [0.15, 0.2) is 6.10 Å². The summed E-state index contributed by atoms with van der Waals surface area (Å²) in [4.78, 5) is 35.8. The zero-order valence-electron chi connectivity index (χ0n) is 41.2. The molecule has 0 saturated heterocycles. The summed E-state index contributed by atoms with van der Waals surface area (Å²) < 4.78 is 33.5. The summed E-state index contributed by atoms with van der Waals surface area (Å²) in [5.41, 5.74) is 0. The molecule has 386 valence electrons. The summed E-state index contributed by atoms with van der Waals surface area (Å²) >= 11 is 0. The molecule has 14 heteroatoms. The lowest BCUT2D eigenvalue weighted by atomic mass is 9.85. The van der Waals surface area contributed by atoms with Gasteiger partial charge in [-0.1, -0.05) is 189 Å². The second-order valence-electron chi connectivity index (χ2n) is 17.7. The molecule has 1 saturated carbocycles. The SMILES string of the molecule is CC/C=C/C=C/C=C/C=C/CCCCCCCC(=O)O[C@@H](COC(=O)CCC/C=C/CC/C=C/CCCCCCCCCCCCCCCC)COP(=O)(O)OC1C(O)C(O)C(O)[C@H](O)C1O. The third-order valence-electron chi connectivity index (χ3n) is 11.6. The number of aliphatic hydroxyl groups is 5. The molecule has 0 bridgehead atoms. The average molecular weight is 967 g/mol. The topological polar surface area (TPSA) is 210 Å². The van der Waals surface area contributed by atoms with Gasteiger partial charge in [-0.15, -0.1) is 0 Å². The summed E-state index contributed by atoms with van der Waals surface area (Å²) in [5.74, 6) is -1.18. The van der Waals surface area contributed by atoms with Crippen LogP contribution in [0.3, 0.4) is 0 Å². The Kier molecular flexibility index (Phi) is 39.2. The van der Waals surface area contributed by atoms with Gasteiger partial charge in [-0.3, -0.25) is 18.6 Å². The molecule has 0 aliphatic heterocycles. The van der Waals surface area contributed by atoms with E-state index in [4.69, 9.17) is 18.5 Å². The van der Waals surface area contributed by atoms with Crippen molar-refractivity contribution in [3.8, 4) is 0 Å². The highest BCUT2D eigenvalue weighted by atomic mass is 31.2. The third-order valence-corrected chi connectivity index (χ3v) is 12.6. The van der Waals surface area contributed by atoms with E-state index in [2.05, 4.69) is 44.2 Å². The number of allylic oxidation sites excluding steroid dienone is 12. The largest absolute Gasteiger partial charge is 0.472 e. The van der Waals surface area contributed by atoms with Crippen molar-refractivity contribution in [3.63, 3.8) is 0 Å². The smallest absolute Gasteiger partial charge is 0.462 e. The van der Waals surface area contributed by atoms with Crippen LogP contribution >= 0.6 is 7.82 Å². The van der Waals surface area contributed by atoms with Crippen LogP contribution in [0.4, 0.5) is 0 Å². The summed E-state index contributed by atoms with van der Waals surface area (Å²) in [6, 6.07) is 0. The molecular weight excluding hydrogens is 876 g/mol. The fourth-order valence-corrected chi connectivity index (χ4v) is 8.47. The fraction of sp³-hybridized carbons (Fsp3) is 0.736. The van der Waals surface area contributed by atoms with E-state index >= 15 is 0 Å². The molecule has 67 heavy (non-hydrogen) atoms. The number of rotatable bonds is 42. The van der Waals surface area contributed by atoms with E-state index < -0.39 is 75.7 Å². The lowest BCUT2D eigenvalue weighted by Gasteiger charge is -2.41. The van der Waals surface area contributed by atoms with Crippen LogP contribution in [-0.4, -0.2) is 98.3 Å². The van der Waals surface area contributed by atoms with E-state index in [1.54, 1.807) is 0 Å². The number of phosphoric ester groups is 1. The quantitative estimate of drug-likeness (QED) is 0.0111. The van der Waals surface area contributed by atoms with E-state index in [9.17, 15) is 44.6 Å². The van der Waals surface area contributed by atoms with Crippen molar-refractivity contribution in [1.82, 2.24) is 0 Å². The van der Waals surface area contributed by atoms with Crippen molar-refractivity contribution in [2.75, 3.05) is 13.2 Å². The van der Waals surface area contributed by atoms with Crippen molar-refractivity contribution >= 4 is 19.8 Å². The summed E-state index contributed by atoms with van der Waals surface area (Å²) in [7, 11) is -5.14. The molecule has 13 nitrogen and oxygen atoms in total. The predicted octanol–water partition coefficient (Wildman–Crippen LogP) is 11.1. The zero-order chi connectivity index (χ0) is 49.2. The average Bonchev–Trinajstić information content (AvgIpc) is 3.31. The number of carbonyl (C=O) groups excluding carboxylic acids is 2. The van der Waals surface area contributed by atoms with Crippen LogP contribution in [-0.2, 0) is 32.7 Å². The van der Waals surface area contributed by atoms with Gasteiger partial charge in [0.1, 0.15) is 43.2 Å². The van der Waals surface area contributed by atoms with Crippen LogP contribution in [0.15, 0.2) is 72.9 Å². The molecule has 0 heterocycles. The Morgan fingerprint density at radius 1 is 0.478 bits per heavy atom. The highest BCUT2D eigenvalue weighted by Crippen LogP contribution is 2.47. The fourth-order valence-electron chi connectivity index (χ4n) is 7.49. The highest BCUT2D eigenvalue weighted by molar-refractivity contribution is 7.47. The monoisotopic (exact) mass is 967 g/mol. The highest BCUT2D eigenvalue weighted by Gasteiger charge is 2.51. The number of aliphatic hydroxyl groups excluding tert-OH is 5. The molecule has 0 aromatic rings. The first kappa shape index (κ1) is 62.3. The zero-order valence-corrected chi connectivity index (χ0v) is 42.1. The maximum absolute atomic E-state index is 12.8. The third kappa shape index (κ3) is 34.3. The molecule has 1 rings (SSSR count). The van der Waals surface area contributed by atoms with Gasteiger partial charge in [0.05, 0.1) is 6.61 Å². The van der Waals surface area contributed by atoms with Crippen LogP contribution in [0.5, 0.6) is 0 Å². The minimum Gasteiger partial charge on any atom is -0.462 e. The Labute approximate surface area is 404 Å². The van der Waals surface area contributed by atoms with Crippen LogP contribution in [0, 0.1) is 0 Å². The molecule has 6 N–H and O–H groups in total. The molecule has 0 amide bonds. The van der Waals surface area contributed by atoms with Crippen molar-refractivity contribution in [1.29, 1.82) is 0 Å². The van der Waals surface area contributed by atoms with Crippen molar-refractivity contribution < 1.29 is 63.1 Å². The van der Waals surface area contributed by atoms with Gasteiger partial charge in [0.2, 0.25) is 0 Å². The van der Waals surface area contributed by atoms with Crippen molar-refractivity contribution in [2.24, 2.45) is 0 Å². The normalized spacial score (nSPS) is 21.7. The first-order valence-corrected chi connectivity index (χ1v) is 27.3. The molecule has 0 aromatic carbocycles. The standard InChI is InChI=1S/C53H91O13P/c1-3-5-7-9-11-13-15-17-19-20-21-22-23-24-25-26-28-29-31-33-35-37-39-41-46(54)63-43-45(44-64-67(61,62)66-53-51(59)49(57)48(56)50(58)52(53)60)65-47(55)42-40-38-36-34-32-30-27-18-16-14-12-10-8-6-4-2/h6,8,10,12,14,16,18,26-28,33,35,45,48-53,56-60H,3-5,7,9,11,13,15,17,19-25,29-32,34,36-44H2,1-2H3,(H,61,62)/b8-6+,12-10+,16-14+,27-18+,28-26+,35-33+/t45-,48?,49-,50?,51?,52?,53?/m0/s1. The Balaban J connectivity index is 2.41. The summed E-state index contributed by atoms with van der Waals surface area (Å²) in [5, 5.41) is 50.2. The molecule has 6 unspecified atom stereocenters. The number of unbranched alkanes of at least 4 members (excludes halogenated alkanes) is 21. The first-order valence-electron chi connectivity index (χ1n) is 25.8. The van der Waals surface area contributed by atoms with Gasteiger partial charge in [-0.25, -0.2) is 4.57 Å². The molecule has 8 atom stereocenters. The maximum atomic E-state index is 12.8. The van der Waals surface area contributed by atoms with E-state index in [1.807, 2.05) is 42.5 Å². The Morgan fingerprint density at radius 3 is 1.43 bits per heavy atom. The Bertz CT molecular complexity index is 1440. The number of phosphoric acid groups is 1. The minimum atomic E-state index is -5.14. The molecule has 0 spiro atoms. The van der Waals surface area contributed by atoms with E-state index in [0.29, 0.717) is 19.3 Å². The number of esters is 2. The van der Waals surface area contributed by atoms with E-state index in [0.717, 1.165) is 57.8 Å². The van der Waals surface area contributed by atoms with Crippen LogP contribution in [0.2, 0.25) is 0 Å². The molecule has 1 fully saturated rings. The van der Waals surface area contributed by atoms with Gasteiger partial charge in [-0.05, 0) is 64.2 Å². The van der Waals surface area contributed by atoms with Gasteiger partial charge in [-0.2, -0.15) is 0 Å². The second-order valence-corrected chi connectivity index (χ2v) is 19.1. The van der Waals surface area contributed by atoms with Crippen LogP contribution in [0.1, 0.15) is 194 Å². The molecule has 0 aromatic heterocycles. The van der Waals surface area contributed by atoms with E-state index in [1.165, 1.54) is 89.9 Å². The second kappa shape index (κ2) is 42.2. The number of carbonyl (C=O) groups is 2. The van der Waals surface area contributed by atoms with Gasteiger partial charge in [0, 0.05) is 12.8 Å². The lowest BCUT2D eigenvalue weighted by Crippen LogP contribution is -2.64. The minimum absolute atomic E-state index is 0.0591. The number of ether oxygens (including phenoxy) is 2. The van der Waals surface area contributed by atoms with Gasteiger partial charge < -0.3 is 39.9 Å². The Hall–Kier alpha value is -2.71. The predicted molar refractivity (Wildman–Crippen MR) is 267 cm³/mol. The van der Waals surface area contributed by atoms with E-state index in [-0.39, 0.29) is 12.8 Å². The van der Waals surface area contributed by atoms with Gasteiger partial charge in [0.25, 0.3) is 0 Å². The Morgan fingerprint density at radius 2 is 0.896 bits per heavy atom. The van der Waals surface area contributed by atoms with Crippen LogP contribution in [0.25, 0.3) is 0 Å². The molecule has 1 aliphatic carbocycles. The molecule has 1 aliphatic rings. The molecule has 0 radical (unpaired) electrons. The van der Waals surface area contributed by atoms with Crippen LogP contribution < -0.4 is 0 Å². The summed E-state index contributed by atoms with van der Waals surface area (Å²) in [6.45, 7) is 3.12. The lowest BCUT2D eigenvalue weighted by molar-refractivity contribution is -0.220. The van der Waals surface area contributed by atoms with Crippen molar-refractivity contribution in [2.45, 2.75) is 236 Å².